The highest BCUT2D eigenvalue weighted by atomic mass is 16.6. The van der Waals surface area contributed by atoms with E-state index < -0.39 is 6.10 Å². The summed E-state index contributed by atoms with van der Waals surface area (Å²) < 4.78 is 16.8. The van der Waals surface area contributed by atoms with Gasteiger partial charge in [0.2, 0.25) is 0 Å². The average molecular weight is 885 g/mol. The van der Waals surface area contributed by atoms with Crippen molar-refractivity contribution in [3.63, 3.8) is 0 Å². The molecule has 0 bridgehead atoms. The van der Waals surface area contributed by atoms with E-state index in [1.807, 2.05) is 0 Å². The smallest absolute Gasteiger partial charge is 0.306 e. The largest absolute Gasteiger partial charge is 0.462 e. The third kappa shape index (κ3) is 50.5. The van der Waals surface area contributed by atoms with Crippen LogP contribution in [-0.2, 0) is 28.6 Å². The zero-order valence-electron chi connectivity index (χ0n) is 42.1. The monoisotopic (exact) mass is 885 g/mol. The minimum Gasteiger partial charge on any atom is -0.462 e. The summed E-state index contributed by atoms with van der Waals surface area (Å²) in [5, 5.41) is 0. The molecule has 6 heteroatoms. The fourth-order valence-electron chi connectivity index (χ4n) is 7.94. The van der Waals surface area contributed by atoms with Crippen LogP contribution in [0.3, 0.4) is 0 Å². The van der Waals surface area contributed by atoms with Crippen LogP contribution in [0.15, 0.2) is 36.5 Å². The molecular formula is C57H104O6. The van der Waals surface area contributed by atoms with Gasteiger partial charge in [-0.15, -0.1) is 0 Å². The van der Waals surface area contributed by atoms with Gasteiger partial charge in [0.25, 0.3) is 0 Å². The van der Waals surface area contributed by atoms with Gasteiger partial charge in [-0.05, 0) is 77.0 Å². The molecule has 0 N–H and O–H groups in total. The molecular weight excluding hydrogens is 781 g/mol. The summed E-state index contributed by atoms with van der Waals surface area (Å²) >= 11 is 0. The fraction of sp³-hybridized carbons (Fsp3) is 0.842. The molecule has 0 spiro atoms. The van der Waals surface area contributed by atoms with E-state index in [-0.39, 0.29) is 31.1 Å². The van der Waals surface area contributed by atoms with Crippen LogP contribution in [0.2, 0.25) is 0 Å². The van der Waals surface area contributed by atoms with Crippen molar-refractivity contribution in [1.29, 1.82) is 0 Å². The summed E-state index contributed by atoms with van der Waals surface area (Å²) in [6, 6.07) is 0. The molecule has 1 atom stereocenters. The minimum absolute atomic E-state index is 0.0741. The molecule has 0 aromatic heterocycles. The van der Waals surface area contributed by atoms with Crippen LogP contribution in [0.5, 0.6) is 0 Å². The van der Waals surface area contributed by atoms with Crippen LogP contribution in [0.4, 0.5) is 0 Å². The van der Waals surface area contributed by atoms with E-state index in [0.717, 1.165) is 70.6 Å². The minimum atomic E-state index is -0.774. The second kappa shape index (κ2) is 52.3. The Hall–Kier alpha value is -2.37. The summed E-state index contributed by atoms with van der Waals surface area (Å²) in [4.78, 5) is 38.0. The third-order valence-electron chi connectivity index (χ3n) is 12.1. The van der Waals surface area contributed by atoms with Crippen molar-refractivity contribution in [2.45, 2.75) is 297 Å². The Kier molecular flexibility index (Phi) is 50.3. The first-order valence-corrected chi connectivity index (χ1v) is 27.5. The normalized spacial score (nSPS) is 12.2. The number of carbonyl (C=O) groups excluding carboxylic acids is 3. The maximum absolute atomic E-state index is 12.8. The SMILES string of the molecule is CCCCC/C=C\C/C=C\CCCCCCCCCC(=O)O[C@@H](COC(=O)CCCCCCCCC/C=C\CCCCCCCCCC)COC(=O)CCCCCCCCCCC. The standard InChI is InChI=1S/C57H104O6/c1-4-7-10-13-16-19-21-23-25-27-28-30-31-33-35-38-41-44-47-50-56(59)62-53-54(52-61-55(58)49-46-43-40-37-18-15-12-9-6-3)63-57(60)51-48-45-42-39-36-34-32-29-26-24-22-20-17-14-11-8-5-2/h17,20,24,26-28,54H,4-16,18-19,21-23,25,29-53H2,1-3H3/b20-17-,26-24-,28-27-/t54-/m1/s1. The molecule has 0 aromatic carbocycles. The molecule has 0 unspecified atom stereocenters. The molecule has 0 aliphatic rings. The van der Waals surface area contributed by atoms with Crippen LogP contribution in [0.25, 0.3) is 0 Å². The van der Waals surface area contributed by atoms with Crippen LogP contribution < -0.4 is 0 Å². The van der Waals surface area contributed by atoms with Crippen molar-refractivity contribution in [3.05, 3.63) is 36.5 Å². The molecule has 6 nitrogen and oxygen atoms in total. The Bertz CT molecular complexity index is 1060. The molecule has 0 amide bonds. The number of carbonyl (C=O) groups is 3. The van der Waals surface area contributed by atoms with E-state index >= 15 is 0 Å². The lowest BCUT2D eigenvalue weighted by molar-refractivity contribution is -0.167. The summed E-state index contributed by atoms with van der Waals surface area (Å²) in [7, 11) is 0. The molecule has 0 aliphatic heterocycles. The lowest BCUT2D eigenvalue weighted by Gasteiger charge is -2.18. The third-order valence-corrected chi connectivity index (χ3v) is 12.1. The van der Waals surface area contributed by atoms with Crippen LogP contribution in [0.1, 0.15) is 290 Å². The molecule has 0 aromatic rings. The van der Waals surface area contributed by atoms with Crippen molar-refractivity contribution in [2.75, 3.05) is 13.2 Å². The van der Waals surface area contributed by atoms with Gasteiger partial charge in [-0.1, -0.05) is 231 Å². The van der Waals surface area contributed by atoms with E-state index in [1.165, 1.54) is 180 Å². The molecule has 63 heavy (non-hydrogen) atoms. The van der Waals surface area contributed by atoms with E-state index in [0.29, 0.717) is 19.3 Å². The molecule has 0 aliphatic carbocycles. The van der Waals surface area contributed by atoms with Gasteiger partial charge < -0.3 is 14.2 Å². The van der Waals surface area contributed by atoms with Crippen LogP contribution in [-0.4, -0.2) is 37.2 Å². The highest BCUT2D eigenvalue weighted by Crippen LogP contribution is 2.15. The highest BCUT2D eigenvalue weighted by molar-refractivity contribution is 5.71. The predicted molar refractivity (Wildman–Crippen MR) is 270 cm³/mol. The maximum atomic E-state index is 12.8. The molecule has 0 heterocycles. The number of hydrogen-bond acceptors (Lipinski definition) is 6. The first-order valence-electron chi connectivity index (χ1n) is 27.5. The molecule has 0 radical (unpaired) electrons. The maximum Gasteiger partial charge on any atom is 0.306 e. The van der Waals surface area contributed by atoms with Gasteiger partial charge in [0.15, 0.2) is 6.10 Å². The molecule has 0 fully saturated rings. The number of allylic oxidation sites excluding steroid dienone is 6. The Labute approximate surface area is 391 Å². The van der Waals surface area contributed by atoms with E-state index in [9.17, 15) is 14.4 Å². The van der Waals surface area contributed by atoms with Gasteiger partial charge in [0.1, 0.15) is 13.2 Å². The van der Waals surface area contributed by atoms with Crippen molar-refractivity contribution in [1.82, 2.24) is 0 Å². The van der Waals surface area contributed by atoms with E-state index in [1.54, 1.807) is 0 Å². The van der Waals surface area contributed by atoms with Crippen molar-refractivity contribution in [2.24, 2.45) is 0 Å². The topological polar surface area (TPSA) is 78.9 Å². The van der Waals surface area contributed by atoms with Crippen LogP contribution in [0, 0.1) is 0 Å². The van der Waals surface area contributed by atoms with Crippen LogP contribution >= 0.6 is 0 Å². The van der Waals surface area contributed by atoms with E-state index in [4.69, 9.17) is 14.2 Å². The molecule has 0 rings (SSSR count). The lowest BCUT2D eigenvalue weighted by Crippen LogP contribution is -2.30. The second-order valence-electron chi connectivity index (χ2n) is 18.5. The van der Waals surface area contributed by atoms with E-state index in [2.05, 4.69) is 57.2 Å². The lowest BCUT2D eigenvalue weighted by atomic mass is 10.1. The Morgan fingerprint density at radius 2 is 0.571 bits per heavy atom. The van der Waals surface area contributed by atoms with Crippen molar-refractivity contribution in [3.8, 4) is 0 Å². The zero-order valence-corrected chi connectivity index (χ0v) is 42.1. The zero-order chi connectivity index (χ0) is 45.8. The van der Waals surface area contributed by atoms with Gasteiger partial charge >= 0.3 is 17.9 Å². The fourth-order valence-corrected chi connectivity index (χ4v) is 7.94. The summed E-state index contributed by atoms with van der Waals surface area (Å²) in [6.45, 7) is 6.61. The molecule has 0 saturated carbocycles. The highest BCUT2D eigenvalue weighted by Gasteiger charge is 2.19. The number of unbranched alkanes of at least 4 members (excludes halogenated alkanes) is 33. The molecule has 0 saturated heterocycles. The first kappa shape index (κ1) is 60.6. The Morgan fingerprint density at radius 3 is 0.921 bits per heavy atom. The van der Waals surface area contributed by atoms with Gasteiger partial charge in [-0.3, -0.25) is 14.4 Å². The number of ether oxygens (including phenoxy) is 3. The first-order chi connectivity index (χ1) is 31.0. The van der Waals surface area contributed by atoms with Crippen molar-refractivity contribution < 1.29 is 28.6 Å². The van der Waals surface area contributed by atoms with Crippen molar-refractivity contribution >= 4 is 17.9 Å². The average Bonchev–Trinajstić information content (AvgIpc) is 3.28. The number of rotatable bonds is 50. The Balaban J connectivity index is 4.29. The summed E-state index contributed by atoms with van der Waals surface area (Å²) in [5.74, 6) is -0.877. The molecule has 368 valence electrons. The Morgan fingerprint density at radius 1 is 0.317 bits per heavy atom. The van der Waals surface area contributed by atoms with Gasteiger partial charge in [-0.2, -0.15) is 0 Å². The summed E-state index contributed by atoms with van der Waals surface area (Å²) in [6.07, 6.45) is 61.3. The number of hydrogen-bond donors (Lipinski definition) is 0. The quantitative estimate of drug-likeness (QED) is 0.0262. The predicted octanol–water partition coefficient (Wildman–Crippen LogP) is 18.1. The van der Waals surface area contributed by atoms with Gasteiger partial charge in [0.05, 0.1) is 0 Å². The summed E-state index contributed by atoms with van der Waals surface area (Å²) in [5.41, 5.74) is 0. The second-order valence-corrected chi connectivity index (χ2v) is 18.5. The van der Waals surface area contributed by atoms with Gasteiger partial charge in [0, 0.05) is 19.3 Å². The number of esters is 3. The van der Waals surface area contributed by atoms with Gasteiger partial charge in [-0.25, -0.2) is 0 Å².